The summed E-state index contributed by atoms with van der Waals surface area (Å²) in [7, 11) is 0. The Hall–Kier alpha value is -1.80. The fourth-order valence-electron chi connectivity index (χ4n) is 1.19. The molecule has 5 heteroatoms. The molecule has 1 rings (SSSR count). The van der Waals surface area contributed by atoms with Crippen LogP contribution in [-0.2, 0) is 6.54 Å². The van der Waals surface area contributed by atoms with E-state index in [4.69, 9.17) is 11.7 Å². The van der Waals surface area contributed by atoms with E-state index in [0.29, 0.717) is 5.56 Å². The highest BCUT2D eigenvalue weighted by Crippen LogP contribution is 2.27. The monoisotopic (exact) mass is 194 g/mol. The number of aliphatic hydroxyl groups excluding tert-OH is 1. The maximum Gasteiger partial charge on any atom is 0.251 e. The number of aromatic nitrogens is 1. The van der Waals surface area contributed by atoms with Crippen molar-refractivity contribution in [3.8, 4) is 5.88 Å². The van der Waals surface area contributed by atoms with Gasteiger partial charge in [0.05, 0.1) is 19.7 Å². The largest absolute Gasteiger partial charge is 0.503 e. The Labute approximate surface area is 80.7 Å². The van der Waals surface area contributed by atoms with Gasteiger partial charge < -0.3 is 10.2 Å². The number of aromatic hydroxyl groups is 1. The van der Waals surface area contributed by atoms with Crippen LogP contribution < -0.4 is 5.56 Å². The van der Waals surface area contributed by atoms with Crippen molar-refractivity contribution in [1.82, 2.24) is 4.57 Å². The minimum absolute atomic E-state index is 0.00648. The molecule has 14 heavy (non-hydrogen) atoms. The molecule has 0 saturated carbocycles. The van der Waals surface area contributed by atoms with Crippen LogP contribution in [0.4, 0.5) is 5.69 Å². The third kappa shape index (κ3) is 1.60. The number of pyridine rings is 1. The Morgan fingerprint density at radius 2 is 2.29 bits per heavy atom. The van der Waals surface area contributed by atoms with Crippen LogP contribution in [0.2, 0.25) is 0 Å². The zero-order valence-corrected chi connectivity index (χ0v) is 7.69. The summed E-state index contributed by atoms with van der Waals surface area (Å²) in [6.07, 6.45) is 0. The molecule has 2 N–H and O–H groups in total. The molecule has 0 aliphatic carbocycles. The van der Waals surface area contributed by atoms with Crippen molar-refractivity contribution in [3.05, 3.63) is 33.4 Å². The molecule has 0 radical (unpaired) electrons. The van der Waals surface area contributed by atoms with Gasteiger partial charge in [0.2, 0.25) is 5.69 Å². The van der Waals surface area contributed by atoms with Crippen LogP contribution in [-0.4, -0.2) is 21.4 Å². The minimum Gasteiger partial charge on any atom is -0.503 e. The number of hydrogen-bond donors (Lipinski definition) is 2. The lowest BCUT2D eigenvalue weighted by molar-refractivity contribution is 0.264. The molecule has 0 aliphatic rings. The molecule has 0 aromatic carbocycles. The van der Waals surface area contributed by atoms with Crippen molar-refractivity contribution < 1.29 is 10.2 Å². The van der Waals surface area contributed by atoms with E-state index in [-0.39, 0.29) is 24.7 Å². The van der Waals surface area contributed by atoms with Gasteiger partial charge in [-0.15, -0.1) is 0 Å². The van der Waals surface area contributed by atoms with Gasteiger partial charge >= 0.3 is 0 Å². The van der Waals surface area contributed by atoms with E-state index in [1.807, 2.05) is 0 Å². The molecule has 0 atom stereocenters. The van der Waals surface area contributed by atoms with Gasteiger partial charge in [-0.1, -0.05) is 0 Å². The number of nitrogens with zero attached hydrogens (tertiary/aromatic N) is 2. The van der Waals surface area contributed by atoms with Gasteiger partial charge in [0, 0.05) is 0 Å². The molecule has 5 nitrogen and oxygen atoms in total. The fraction of sp³-hybridized carbons (Fsp3) is 0.333. The Morgan fingerprint density at radius 3 is 2.79 bits per heavy atom. The quantitative estimate of drug-likeness (QED) is 0.670. The molecule has 0 fully saturated rings. The van der Waals surface area contributed by atoms with Crippen molar-refractivity contribution >= 4 is 5.69 Å². The second-order valence-corrected chi connectivity index (χ2v) is 2.82. The molecule has 0 bridgehead atoms. The zero-order chi connectivity index (χ0) is 10.7. The van der Waals surface area contributed by atoms with E-state index in [9.17, 15) is 9.90 Å². The lowest BCUT2D eigenvalue weighted by Gasteiger charge is -2.09. The predicted molar refractivity (Wildman–Crippen MR) is 50.5 cm³/mol. The van der Waals surface area contributed by atoms with Crippen LogP contribution in [0.5, 0.6) is 5.88 Å². The standard InChI is InChI=1S/C9H10N2O3/c1-6-5-7(13)11(3-4-12)9(14)8(6)10-2/h5,12,14H,3-4H2,1H3. The summed E-state index contributed by atoms with van der Waals surface area (Å²) in [5, 5.41) is 18.2. The third-order valence-corrected chi connectivity index (χ3v) is 1.88. The van der Waals surface area contributed by atoms with E-state index in [1.165, 1.54) is 6.07 Å². The normalized spacial score (nSPS) is 9.79. The molecule has 0 unspecified atom stereocenters. The molecule has 0 saturated heterocycles. The summed E-state index contributed by atoms with van der Waals surface area (Å²) < 4.78 is 0.973. The van der Waals surface area contributed by atoms with Crippen molar-refractivity contribution in [2.45, 2.75) is 13.5 Å². The molecule has 0 amide bonds. The minimum atomic E-state index is -0.415. The third-order valence-electron chi connectivity index (χ3n) is 1.88. The zero-order valence-electron chi connectivity index (χ0n) is 7.69. The van der Waals surface area contributed by atoms with Crippen molar-refractivity contribution in [2.75, 3.05) is 6.61 Å². The van der Waals surface area contributed by atoms with Gasteiger partial charge in [-0.2, -0.15) is 0 Å². The molecule has 0 aliphatic heterocycles. The first-order valence-corrected chi connectivity index (χ1v) is 4.03. The van der Waals surface area contributed by atoms with E-state index < -0.39 is 5.56 Å². The van der Waals surface area contributed by atoms with Crippen molar-refractivity contribution in [3.63, 3.8) is 0 Å². The van der Waals surface area contributed by atoms with Crippen molar-refractivity contribution in [1.29, 1.82) is 0 Å². The molecule has 74 valence electrons. The average Bonchev–Trinajstić information content (AvgIpc) is 2.12. The summed E-state index contributed by atoms with van der Waals surface area (Å²) in [5.41, 5.74) is 0.0798. The summed E-state index contributed by atoms with van der Waals surface area (Å²) in [6.45, 7) is 8.13. The van der Waals surface area contributed by atoms with E-state index >= 15 is 0 Å². The number of hydrogen-bond acceptors (Lipinski definition) is 3. The summed E-state index contributed by atoms with van der Waals surface area (Å²) in [5.74, 6) is -0.376. The average molecular weight is 194 g/mol. The van der Waals surface area contributed by atoms with Gasteiger partial charge in [-0.3, -0.25) is 9.36 Å². The highest BCUT2D eigenvalue weighted by Gasteiger charge is 2.11. The Bertz CT molecular complexity index is 443. The number of rotatable bonds is 2. The van der Waals surface area contributed by atoms with Crippen LogP contribution in [0.15, 0.2) is 10.9 Å². The van der Waals surface area contributed by atoms with Crippen LogP contribution in [0.1, 0.15) is 5.56 Å². The molecular formula is C9H10N2O3. The van der Waals surface area contributed by atoms with Gasteiger partial charge in [-0.05, 0) is 18.6 Å². The Balaban J connectivity index is 3.46. The summed E-state index contributed by atoms with van der Waals surface area (Å²) in [6, 6.07) is 1.27. The number of aryl methyl sites for hydroxylation is 1. The number of aliphatic hydroxyl groups is 1. The second-order valence-electron chi connectivity index (χ2n) is 2.82. The van der Waals surface area contributed by atoms with E-state index in [0.717, 1.165) is 4.57 Å². The molecule has 1 aromatic heterocycles. The van der Waals surface area contributed by atoms with E-state index in [2.05, 4.69) is 4.85 Å². The van der Waals surface area contributed by atoms with Gasteiger partial charge in [-0.25, -0.2) is 4.85 Å². The summed E-state index contributed by atoms with van der Waals surface area (Å²) >= 11 is 0. The SMILES string of the molecule is [C-]#[N+]c1c(C)cc(=O)n(CCO)c1O. The molecule has 0 spiro atoms. The smallest absolute Gasteiger partial charge is 0.251 e. The van der Waals surface area contributed by atoms with Gasteiger partial charge in [0.1, 0.15) is 0 Å². The maximum absolute atomic E-state index is 11.3. The van der Waals surface area contributed by atoms with Crippen LogP contribution in [0.3, 0.4) is 0 Å². The topological polar surface area (TPSA) is 66.8 Å². The van der Waals surface area contributed by atoms with Crippen LogP contribution in [0.25, 0.3) is 4.85 Å². The van der Waals surface area contributed by atoms with Gasteiger partial charge in [0.15, 0.2) is 5.88 Å². The lowest BCUT2D eigenvalue weighted by Crippen LogP contribution is -2.21. The van der Waals surface area contributed by atoms with Crippen LogP contribution in [0, 0.1) is 13.5 Å². The maximum atomic E-state index is 11.3. The molecular weight excluding hydrogens is 184 g/mol. The fourth-order valence-corrected chi connectivity index (χ4v) is 1.19. The highest BCUT2D eigenvalue weighted by molar-refractivity contribution is 5.58. The lowest BCUT2D eigenvalue weighted by atomic mass is 10.2. The predicted octanol–water partition coefficient (Wildman–Crippen LogP) is 0.405. The van der Waals surface area contributed by atoms with Crippen molar-refractivity contribution in [2.24, 2.45) is 0 Å². The van der Waals surface area contributed by atoms with Gasteiger partial charge in [0.25, 0.3) is 5.56 Å². The Morgan fingerprint density at radius 1 is 1.64 bits per heavy atom. The first-order chi connectivity index (χ1) is 6.61. The van der Waals surface area contributed by atoms with Crippen LogP contribution >= 0.6 is 0 Å². The molecule has 1 heterocycles. The second kappa shape index (κ2) is 3.94. The van der Waals surface area contributed by atoms with E-state index in [1.54, 1.807) is 6.92 Å². The Kier molecular flexibility index (Phi) is 2.89. The summed E-state index contributed by atoms with van der Waals surface area (Å²) in [4.78, 5) is 14.4. The molecule has 1 aromatic rings. The first-order valence-electron chi connectivity index (χ1n) is 4.03. The first kappa shape index (κ1) is 10.3. The highest BCUT2D eigenvalue weighted by atomic mass is 16.3.